The van der Waals surface area contributed by atoms with Gasteiger partial charge in [0.2, 0.25) is 5.91 Å². The monoisotopic (exact) mass is 242 g/mol. The van der Waals surface area contributed by atoms with Crippen molar-refractivity contribution in [2.24, 2.45) is 11.7 Å². The summed E-state index contributed by atoms with van der Waals surface area (Å²) in [6.45, 7) is 2.34. The zero-order valence-corrected chi connectivity index (χ0v) is 9.87. The molecule has 3 N–H and O–H groups in total. The van der Waals surface area contributed by atoms with Crippen LogP contribution in [0.15, 0.2) is 12.4 Å². The summed E-state index contributed by atoms with van der Waals surface area (Å²) in [5, 5.41) is 2.96. The lowest BCUT2D eigenvalue weighted by Gasteiger charge is -2.13. The second-order valence-electron chi connectivity index (χ2n) is 3.44. The number of hydrogen-bond acceptors (Lipinski definition) is 4. The molecule has 5 nitrogen and oxygen atoms in total. The number of halogens is 1. The third-order valence-corrected chi connectivity index (χ3v) is 2.38. The van der Waals surface area contributed by atoms with Crippen molar-refractivity contribution >= 4 is 23.3 Å². The molecule has 88 valence electrons. The van der Waals surface area contributed by atoms with Crippen LogP contribution in [-0.2, 0) is 4.79 Å². The normalized spacial score (nSPS) is 12.2. The molecule has 16 heavy (non-hydrogen) atoms. The summed E-state index contributed by atoms with van der Waals surface area (Å²) in [7, 11) is 0. The van der Waals surface area contributed by atoms with Crippen LogP contribution in [0, 0.1) is 5.92 Å². The summed E-state index contributed by atoms with van der Waals surface area (Å²) in [6.07, 6.45) is 2.98. The number of aromatic nitrogens is 2. The Morgan fingerprint density at radius 1 is 1.62 bits per heavy atom. The molecular weight excluding hydrogens is 228 g/mol. The number of hydrogen-bond donors (Lipinski definition) is 2. The molecule has 6 heteroatoms. The predicted molar refractivity (Wildman–Crippen MR) is 63.1 cm³/mol. The first-order chi connectivity index (χ1) is 7.67. The topological polar surface area (TPSA) is 80.9 Å². The molecule has 0 radical (unpaired) electrons. The minimum atomic E-state index is -0.182. The standard InChI is InChI=1S/C10H15ClN4O/c1-2-3-7(5-12)10(16)15-9-4-8(11)13-6-14-9/h4,6-7H,2-3,5,12H2,1H3,(H,13,14,15,16). The van der Waals surface area contributed by atoms with E-state index in [0.717, 1.165) is 12.8 Å². The van der Waals surface area contributed by atoms with Gasteiger partial charge in [0.15, 0.2) is 0 Å². The third-order valence-electron chi connectivity index (χ3n) is 2.18. The van der Waals surface area contributed by atoms with E-state index in [1.54, 1.807) is 0 Å². The van der Waals surface area contributed by atoms with E-state index in [4.69, 9.17) is 17.3 Å². The van der Waals surface area contributed by atoms with Crippen LogP contribution in [0.1, 0.15) is 19.8 Å². The number of amides is 1. The first-order valence-electron chi connectivity index (χ1n) is 5.15. The Bertz CT molecular complexity index is 358. The Balaban J connectivity index is 2.62. The molecule has 1 aromatic heterocycles. The first kappa shape index (κ1) is 12.9. The molecule has 0 aliphatic carbocycles. The van der Waals surface area contributed by atoms with Gasteiger partial charge in [0.1, 0.15) is 17.3 Å². The molecule has 0 saturated heterocycles. The number of rotatable bonds is 5. The maximum absolute atomic E-state index is 11.8. The predicted octanol–water partition coefficient (Wildman–Crippen LogP) is 1.44. The van der Waals surface area contributed by atoms with Crippen LogP contribution in [0.25, 0.3) is 0 Å². The SMILES string of the molecule is CCCC(CN)C(=O)Nc1cc(Cl)ncn1. The number of carbonyl (C=O) groups is 1. The summed E-state index contributed by atoms with van der Waals surface area (Å²) >= 11 is 5.68. The van der Waals surface area contributed by atoms with Crippen molar-refractivity contribution < 1.29 is 4.79 Å². The van der Waals surface area contributed by atoms with E-state index in [1.165, 1.54) is 12.4 Å². The first-order valence-corrected chi connectivity index (χ1v) is 5.53. The molecule has 1 aromatic rings. The van der Waals surface area contributed by atoms with Gasteiger partial charge in [0.05, 0.1) is 5.92 Å². The van der Waals surface area contributed by atoms with Gasteiger partial charge in [0.25, 0.3) is 0 Å². The van der Waals surface area contributed by atoms with Gasteiger partial charge in [-0.05, 0) is 6.42 Å². The highest BCUT2D eigenvalue weighted by atomic mass is 35.5. The Labute approximate surface area is 99.4 Å². The van der Waals surface area contributed by atoms with Crippen molar-refractivity contribution in [1.29, 1.82) is 0 Å². The summed E-state index contributed by atoms with van der Waals surface area (Å²) in [5.41, 5.74) is 5.52. The highest BCUT2D eigenvalue weighted by Gasteiger charge is 2.16. The van der Waals surface area contributed by atoms with Crippen LogP contribution < -0.4 is 11.1 Å². The van der Waals surface area contributed by atoms with Gasteiger partial charge in [-0.15, -0.1) is 0 Å². The van der Waals surface area contributed by atoms with Gasteiger partial charge in [-0.1, -0.05) is 24.9 Å². The number of carbonyl (C=O) groups excluding carboxylic acids is 1. The molecule has 0 bridgehead atoms. The summed E-state index contributed by atoms with van der Waals surface area (Å²) in [4.78, 5) is 19.4. The Kier molecular flexibility index (Phi) is 5.14. The summed E-state index contributed by atoms with van der Waals surface area (Å²) in [6, 6.07) is 1.50. The van der Waals surface area contributed by atoms with Crippen LogP contribution in [0.3, 0.4) is 0 Å². The average molecular weight is 243 g/mol. The molecule has 0 fully saturated rings. The maximum Gasteiger partial charge on any atom is 0.229 e. The van der Waals surface area contributed by atoms with E-state index in [9.17, 15) is 4.79 Å². The Morgan fingerprint density at radius 2 is 2.38 bits per heavy atom. The fourth-order valence-corrected chi connectivity index (χ4v) is 1.48. The van der Waals surface area contributed by atoms with E-state index in [1.807, 2.05) is 6.92 Å². The Morgan fingerprint density at radius 3 is 2.94 bits per heavy atom. The smallest absolute Gasteiger partial charge is 0.229 e. The third kappa shape index (κ3) is 3.75. The molecule has 0 aliphatic heterocycles. The van der Waals surface area contributed by atoms with Crippen molar-refractivity contribution in [2.45, 2.75) is 19.8 Å². The minimum absolute atomic E-state index is 0.126. The molecule has 0 aromatic carbocycles. The molecule has 1 atom stereocenters. The van der Waals surface area contributed by atoms with E-state index < -0.39 is 0 Å². The number of nitrogens with one attached hydrogen (secondary N) is 1. The minimum Gasteiger partial charge on any atom is -0.330 e. The largest absolute Gasteiger partial charge is 0.330 e. The second kappa shape index (κ2) is 6.40. The summed E-state index contributed by atoms with van der Waals surface area (Å²) in [5.74, 6) is 0.0948. The fourth-order valence-electron chi connectivity index (χ4n) is 1.33. The van der Waals surface area contributed by atoms with Crippen LogP contribution in [0.2, 0.25) is 5.15 Å². The fraction of sp³-hybridized carbons (Fsp3) is 0.500. The van der Waals surface area contributed by atoms with Crippen LogP contribution in [0.5, 0.6) is 0 Å². The van der Waals surface area contributed by atoms with Crippen LogP contribution in [0.4, 0.5) is 5.82 Å². The number of nitrogens with two attached hydrogens (primary N) is 1. The molecule has 0 spiro atoms. The lowest BCUT2D eigenvalue weighted by Crippen LogP contribution is -2.29. The van der Waals surface area contributed by atoms with Crippen molar-refractivity contribution in [3.63, 3.8) is 0 Å². The molecular formula is C10H15ClN4O. The van der Waals surface area contributed by atoms with Gasteiger partial charge in [-0.25, -0.2) is 9.97 Å². The number of nitrogens with zero attached hydrogens (tertiary/aromatic N) is 2. The van der Waals surface area contributed by atoms with Crippen molar-refractivity contribution in [2.75, 3.05) is 11.9 Å². The van der Waals surface area contributed by atoms with Crippen LogP contribution >= 0.6 is 11.6 Å². The molecule has 1 unspecified atom stereocenters. The second-order valence-corrected chi connectivity index (χ2v) is 3.82. The average Bonchev–Trinajstić information content (AvgIpc) is 2.25. The zero-order valence-electron chi connectivity index (χ0n) is 9.11. The van der Waals surface area contributed by atoms with E-state index >= 15 is 0 Å². The van der Waals surface area contributed by atoms with E-state index in [0.29, 0.717) is 17.5 Å². The van der Waals surface area contributed by atoms with E-state index in [-0.39, 0.29) is 11.8 Å². The van der Waals surface area contributed by atoms with Crippen molar-refractivity contribution in [1.82, 2.24) is 9.97 Å². The molecule has 0 saturated carbocycles. The lowest BCUT2D eigenvalue weighted by molar-refractivity contribution is -0.119. The van der Waals surface area contributed by atoms with Crippen molar-refractivity contribution in [3.8, 4) is 0 Å². The van der Waals surface area contributed by atoms with Crippen LogP contribution in [-0.4, -0.2) is 22.4 Å². The molecule has 1 heterocycles. The lowest BCUT2D eigenvalue weighted by atomic mass is 10.0. The molecule has 1 amide bonds. The van der Waals surface area contributed by atoms with Gasteiger partial charge in [-0.2, -0.15) is 0 Å². The number of anilines is 1. The summed E-state index contributed by atoms with van der Waals surface area (Å²) < 4.78 is 0. The maximum atomic E-state index is 11.8. The van der Waals surface area contributed by atoms with Crippen molar-refractivity contribution in [3.05, 3.63) is 17.5 Å². The van der Waals surface area contributed by atoms with E-state index in [2.05, 4.69) is 15.3 Å². The molecule has 0 aliphatic rings. The highest BCUT2D eigenvalue weighted by molar-refractivity contribution is 6.29. The molecule has 1 rings (SSSR count). The highest BCUT2D eigenvalue weighted by Crippen LogP contribution is 2.11. The Hall–Kier alpha value is -1.20. The van der Waals surface area contributed by atoms with Gasteiger partial charge >= 0.3 is 0 Å². The van der Waals surface area contributed by atoms with Gasteiger partial charge in [0, 0.05) is 12.6 Å². The zero-order chi connectivity index (χ0) is 12.0. The van der Waals surface area contributed by atoms with Gasteiger partial charge < -0.3 is 11.1 Å². The van der Waals surface area contributed by atoms with Gasteiger partial charge in [-0.3, -0.25) is 4.79 Å². The quantitative estimate of drug-likeness (QED) is 0.766.